The van der Waals surface area contributed by atoms with Crippen LogP contribution in [0.5, 0.6) is 11.5 Å². The first-order valence-corrected chi connectivity index (χ1v) is 14.9. The quantitative estimate of drug-likeness (QED) is 0.256. The van der Waals surface area contributed by atoms with Crippen LogP contribution in [0.4, 0.5) is 0 Å². The number of benzene rings is 2. The number of hydrogen-bond acceptors (Lipinski definition) is 4. The number of rotatable bonds is 4. The maximum absolute atomic E-state index is 6.47. The zero-order chi connectivity index (χ0) is 19.1. The van der Waals surface area contributed by atoms with Crippen molar-refractivity contribution in [3.05, 3.63) is 59.7 Å². The Balaban J connectivity index is 0.000000552. The minimum atomic E-state index is -1.33. The molecule has 0 amide bonds. The third-order valence-electron chi connectivity index (χ3n) is 3.18. The van der Waals surface area contributed by atoms with Gasteiger partial charge in [-0.2, -0.15) is 0 Å². The van der Waals surface area contributed by atoms with Crippen molar-refractivity contribution in [2.24, 2.45) is 4.99 Å². The van der Waals surface area contributed by atoms with E-state index in [1.807, 2.05) is 48.5 Å². The van der Waals surface area contributed by atoms with Crippen molar-refractivity contribution in [3.63, 3.8) is 0 Å². The number of ether oxygens (including phenoxy) is 2. The fourth-order valence-electron chi connectivity index (χ4n) is 1.99. The SMILES string of the molecule is COc1ccc(C2=NC(c3ccc(OC)cc3)=S(Cl)S2)cc1.[Cl][Fe]([Cl])[Cl]. The average Bonchev–Trinajstić information content (AvgIpc) is 3.03. The van der Waals surface area contributed by atoms with Gasteiger partial charge < -0.3 is 9.47 Å². The number of halogens is 4. The van der Waals surface area contributed by atoms with E-state index in [1.165, 1.54) is 0 Å². The summed E-state index contributed by atoms with van der Waals surface area (Å²) in [7, 11) is 25.5. The summed E-state index contributed by atoms with van der Waals surface area (Å²) < 4.78 is 10.4. The fraction of sp³-hybridized carbons (Fsp3) is 0.125. The molecule has 0 N–H and O–H groups in total. The van der Waals surface area contributed by atoms with Crippen molar-refractivity contribution in [1.82, 2.24) is 0 Å². The third-order valence-corrected chi connectivity index (χ3v) is 6.83. The van der Waals surface area contributed by atoms with Gasteiger partial charge in [-0.15, -0.1) is 0 Å². The molecule has 2 aromatic rings. The Morgan fingerprint density at radius 3 is 1.69 bits per heavy atom. The molecule has 1 aliphatic rings. The summed E-state index contributed by atoms with van der Waals surface area (Å²) in [5.41, 5.74) is 2.07. The van der Waals surface area contributed by atoms with Crippen molar-refractivity contribution in [2.45, 2.75) is 0 Å². The van der Waals surface area contributed by atoms with Gasteiger partial charge >= 0.3 is 41.5 Å². The van der Waals surface area contributed by atoms with E-state index in [0.717, 1.165) is 32.7 Å². The molecule has 1 aliphatic heterocycles. The molecular formula is C16H14Cl4FeNO2S2. The van der Waals surface area contributed by atoms with Gasteiger partial charge in [-0.3, -0.25) is 0 Å². The van der Waals surface area contributed by atoms with Gasteiger partial charge in [0.05, 0.1) is 14.2 Å². The molecule has 0 saturated carbocycles. The second-order valence-corrected chi connectivity index (χ2v) is 14.5. The van der Waals surface area contributed by atoms with Gasteiger partial charge in [0, 0.05) is 11.1 Å². The summed E-state index contributed by atoms with van der Waals surface area (Å²) in [6.07, 6.45) is 0. The van der Waals surface area contributed by atoms with Crippen molar-refractivity contribution >= 4 is 70.5 Å². The van der Waals surface area contributed by atoms with Gasteiger partial charge in [-0.05, 0) is 78.7 Å². The van der Waals surface area contributed by atoms with Gasteiger partial charge in [-0.1, -0.05) is 0 Å². The molecule has 0 radical (unpaired) electrons. The molecule has 0 bridgehead atoms. The van der Waals surface area contributed by atoms with Gasteiger partial charge in [0.15, 0.2) is 0 Å². The van der Waals surface area contributed by atoms with Crippen LogP contribution in [0, 0.1) is 0 Å². The summed E-state index contributed by atoms with van der Waals surface area (Å²) in [4.78, 5) is 5.62. The molecule has 0 saturated heterocycles. The Hall–Kier alpha value is -0.0405. The van der Waals surface area contributed by atoms with Crippen LogP contribution in [0.25, 0.3) is 0 Å². The van der Waals surface area contributed by atoms with Crippen LogP contribution in [0.2, 0.25) is 0 Å². The summed E-state index contributed by atoms with van der Waals surface area (Å²) in [5.74, 6) is 1.65. The van der Waals surface area contributed by atoms with Crippen molar-refractivity contribution in [1.29, 1.82) is 0 Å². The van der Waals surface area contributed by atoms with Gasteiger partial charge in [-0.25, -0.2) is 4.99 Å². The first-order valence-electron chi connectivity index (χ1n) is 6.94. The monoisotopic (exact) mass is 512 g/mol. The van der Waals surface area contributed by atoms with E-state index < -0.39 is 19.9 Å². The maximum atomic E-state index is 6.47. The van der Waals surface area contributed by atoms with Gasteiger partial charge in [0.2, 0.25) is 0 Å². The molecule has 26 heavy (non-hydrogen) atoms. The Labute approximate surface area is 180 Å². The van der Waals surface area contributed by atoms with E-state index in [9.17, 15) is 0 Å². The van der Waals surface area contributed by atoms with E-state index >= 15 is 0 Å². The van der Waals surface area contributed by atoms with Crippen LogP contribution < -0.4 is 9.47 Å². The van der Waals surface area contributed by atoms with Crippen molar-refractivity contribution < 1.29 is 20.6 Å². The predicted molar refractivity (Wildman–Crippen MR) is 115 cm³/mol. The molecule has 10 heteroatoms. The Bertz CT molecular complexity index is 796. The summed E-state index contributed by atoms with van der Waals surface area (Å²) in [6.45, 7) is 0. The third kappa shape index (κ3) is 6.54. The summed E-state index contributed by atoms with van der Waals surface area (Å²) >= 11 is -1.33. The molecule has 2 aromatic carbocycles. The molecule has 3 nitrogen and oxygen atoms in total. The van der Waals surface area contributed by atoms with Crippen LogP contribution in [-0.2, 0) is 11.2 Å². The summed E-state index contributed by atoms with van der Waals surface area (Å²) in [6, 6.07) is 15.6. The van der Waals surface area contributed by atoms with Crippen molar-refractivity contribution in [3.8, 4) is 11.5 Å². The Kier molecular flexibility index (Phi) is 9.48. The Morgan fingerprint density at radius 1 is 0.846 bits per heavy atom. The van der Waals surface area contributed by atoms with Crippen molar-refractivity contribution in [2.75, 3.05) is 14.2 Å². The number of hydrogen-bond donors (Lipinski definition) is 0. The normalized spacial score (nSPS) is 16.4. The Morgan fingerprint density at radius 2 is 1.27 bits per heavy atom. The molecule has 3 rings (SSSR count). The van der Waals surface area contributed by atoms with E-state index in [-0.39, 0.29) is 0 Å². The molecular weight excluding hydrogens is 500 g/mol. The standard InChI is InChI=1S/C16H14ClNO2S2.3ClH.Fe/c1-19-13-7-3-11(4-8-13)15-18-16(22(17)21-15)12-5-9-14(20-2)10-6-12;;;;/h3-10H,1-2H3;3*1H;/q;;;;+3/p-3. The van der Waals surface area contributed by atoms with E-state index in [0.29, 0.717) is 0 Å². The van der Waals surface area contributed by atoms with Crippen LogP contribution >= 0.6 is 60.5 Å². The zero-order valence-corrected chi connectivity index (χ0v) is 19.3. The molecule has 0 spiro atoms. The molecule has 0 aromatic heterocycles. The second kappa shape index (κ2) is 11.1. The van der Waals surface area contributed by atoms with E-state index in [4.69, 9.17) is 55.4 Å². The van der Waals surface area contributed by atoms with Crippen LogP contribution in [0.3, 0.4) is 0 Å². The first-order chi connectivity index (χ1) is 12.4. The van der Waals surface area contributed by atoms with Crippen LogP contribution in [0.15, 0.2) is 53.5 Å². The summed E-state index contributed by atoms with van der Waals surface area (Å²) in [5, 5.41) is 0.937. The van der Waals surface area contributed by atoms with Crippen LogP contribution in [0.1, 0.15) is 11.1 Å². The number of nitrogens with zero attached hydrogens (tertiary/aromatic N) is 1. The molecule has 1 atom stereocenters. The molecule has 1 unspecified atom stereocenters. The van der Waals surface area contributed by atoms with E-state index in [1.54, 1.807) is 25.0 Å². The topological polar surface area (TPSA) is 30.8 Å². The average molecular weight is 514 g/mol. The molecule has 0 aliphatic carbocycles. The van der Waals surface area contributed by atoms with E-state index in [2.05, 4.69) is 0 Å². The number of aliphatic imine (C=N–C) groups is 1. The molecule has 143 valence electrons. The number of methoxy groups -OCH3 is 2. The first kappa shape index (κ1) is 22.3. The van der Waals surface area contributed by atoms with Crippen LogP contribution in [-0.4, -0.2) is 24.3 Å². The van der Waals surface area contributed by atoms with Gasteiger partial charge in [0.1, 0.15) is 21.5 Å². The second-order valence-electron chi connectivity index (χ2n) is 4.64. The predicted octanol–water partition coefficient (Wildman–Crippen LogP) is 6.78. The minimum absolute atomic E-state index is 0.478. The molecule has 1 heterocycles. The fourth-order valence-corrected chi connectivity index (χ4v) is 5.47. The zero-order valence-electron chi connectivity index (χ0n) is 13.6. The van der Waals surface area contributed by atoms with Gasteiger partial charge in [0.25, 0.3) is 0 Å². The molecule has 0 fully saturated rings.